The molecule has 0 saturated heterocycles. The van der Waals surface area contributed by atoms with Gasteiger partial charge in [0.05, 0.1) is 12.2 Å². The van der Waals surface area contributed by atoms with Gasteiger partial charge in [-0.2, -0.15) is 0 Å². The van der Waals surface area contributed by atoms with Crippen molar-refractivity contribution in [1.29, 1.82) is 0 Å². The summed E-state index contributed by atoms with van der Waals surface area (Å²) in [6.07, 6.45) is 27.4. The molecule has 0 amide bonds. The second kappa shape index (κ2) is 31.8. The standard InChI is InChI=1S/C38H76N2O4/c1-7-9-21-27-35(3)43-37(41)29-23-17-13-11-15-19-25-31-40(34-33-39(5)6)32-26-20-16-12-14-18-24-30-38(42)44-36(4)28-22-10-8-2/h35-36H,7-34H2,1-6H3. The molecule has 2 unspecified atom stereocenters. The molecule has 44 heavy (non-hydrogen) atoms. The first kappa shape index (κ1) is 42.9. The fraction of sp³-hybridized carbons (Fsp3) is 0.947. The lowest BCUT2D eigenvalue weighted by Crippen LogP contribution is -2.33. The molecule has 0 radical (unpaired) electrons. The van der Waals surface area contributed by atoms with E-state index in [4.69, 9.17) is 9.47 Å². The second-order valence-corrected chi connectivity index (χ2v) is 13.7. The Morgan fingerprint density at radius 1 is 0.477 bits per heavy atom. The highest BCUT2D eigenvalue weighted by molar-refractivity contribution is 5.69. The summed E-state index contributed by atoms with van der Waals surface area (Å²) in [7, 11) is 4.33. The lowest BCUT2D eigenvalue weighted by molar-refractivity contribution is -0.149. The predicted octanol–water partition coefficient (Wildman–Crippen LogP) is 10.1. The Bertz CT molecular complexity index is 594. The van der Waals surface area contributed by atoms with E-state index in [1.807, 2.05) is 13.8 Å². The molecule has 0 saturated carbocycles. The first-order chi connectivity index (χ1) is 21.3. The van der Waals surface area contributed by atoms with E-state index in [1.54, 1.807) is 0 Å². The van der Waals surface area contributed by atoms with Crippen molar-refractivity contribution in [2.45, 2.75) is 194 Å². The number of hydrogen-bond donors (Lipinski definition) is 0. The van der Waals surface area contributed by atoms with E-state index in [2.05, 4.69) is 37.7 Å². The number of nitrogens with zero attached hydrogens (tertiary/aromatic N) is 2. The van der Waals surface area contributed by atoms with Crippen LogP contribution < -0.4 is 0 Å². The van der Waals surface area contributed by atoms with Crippen LogP contribution in [0.2, 0.25) is 0 Å². The van der Waals surface area contributed by atoms with E-state index in [0.717, 1.165) is 64.5 Å². The van der Waals surface area contributed by atoms with Gasteiger partial charge in [0, 0.05) is 25.9 Å². The van der Waals surface area contributed by atoms with Crippen LogP contribution in [0.5, 0.6) is 0 Å². The summed E-state index contributed by atoms with van der Waals surface area (Å²) in [6, 6.07) is 0. The van der Waals surface area contributed by atoms with Gasteiger partial charge in [0.25, 0.3) is 0 Å². The van der Waals surface area contributed by atoms with Gasteiger partial charge in [0.1, 0.15) is 0 Å². The Kier molecular flexibility index (Phi) is 31.0. The Labute approximate surface area is 274 Å². The maximum atomic E-state index is 12.0. The largest absolute Gasteiger partial charge is 0.463 e. The van der Waals surface area contributed by atoms with Crippen LogP contribution in [-0.4, -0.2) is 74.2 Å². The molecule has 0 aromatic heterocycles. The van der Waals surface area contributed by atoms with E-state index < -0.39 is 0 Å². The first-order valence-corrected chi connectivity index (χ1v) is 19.0. The van der Waals surface area contributed by atoms with Crippen molar-refractivity contribution >= 4 is 11.9 Å². The molecule has 0 heterocycles. The Morgan fingerprint density at radius 3 is 1.20 bits per heavy atom. The number of hydrogen-bond acceptors (Lipinski definition) is 6. The average Bonchev–Trinajstić information content (AvgIpc) is 2.97. The maximum Gasteiger partial charge on any atom is 0.306 e. The van der Waals surface area contributed by atoms with Crippen LogP contribution in [0, 0.1) is 0 Å². The lowest BCUT2D eigenvalue weighted by Gasteiger charge is -2.24. The van der Waals surface area contributed by atoms with Gasteiger partial charge >= 0.3 is 11.9 Å². The third-order valence-electron chi connectivity index (χ3n) is 8.67. The maximum absolute atomic E-state index is 12.0. The van der Waals surface area contributed by atoms with E-state index in [-0.39, 0.29) is 24.1 Å². The van der Waals surface area contributed by atoms with E-state index >= 15 is 0 Å². The zero-order chi connectivity index (χ0) is 32.7. The van der Waals surface area contributed by atoms with Gasteiger partial charge in [-0.1, -0.05) is 104 Å². The summed E-state index contributed by atoms with van der Waals surface area (Å²) in [5, 5.41) is 0. The summed E-state index contributed by atoms with van der Waals surface area (Å²) in [5.74, 6) is -0.0207. The van der Waals surface area contributed by atoms with Crippen molar-refractivity contribution in [1.82, 2.24) is 9.80 Å². The summed E-state index contributed by atoms with van der Waals surface area (Å²) in [4.78, 5) is 29.0. The molecular weight excluding hydrogens is 548 g/mol. The minimum absolute atomic E-state index is 0.0103. The summed E-state index contributed by atoms with van der Waals surface area (Å²) < 4.78 is 11.1. The van der Waals surface area contributed by atoms with Gasteiger partial charge in [0.2, 0.25) is 0 Å². The summed E-state index contributed by atoms with van der Waals surface area (Å²) in [5.41, 5.74) is 0. The second-order valence-electron chi connectivity index (χ2n) is 13.7. The molecule has 0 aliphatic carbocycles. The molecule has 6 heteroatoms. The van der Waals surface area contributed by atoms with Crippen molar-refractivity contribution in [3.8, 4) is 0 Å². The van der Waals surface area contributed by atoms with Gasteiger partial charge in [0.15, 0.2) is 0 Å². The molecule has 2 atom stereocenters. The summed E-state index contributed by atoms with van der Waals surface area (Å²) >= 11 is 0. The van der Waals surface area contributed by atoms with Crippen LogP contribution >= 0.6 is 0 Å². The highest BCUT2D eigenvalue weighted by Gasteiger charge is 2.10. The molecule has 0 spiro atoms. The third kappa shape index (κ3) is 30.9. The SMILES string of the molecule is CCCCCC(C)OC(=O)CCCCCCCCCN(CCCCCCCCCC(=O)OC(C)CCCCC)CCN(C)C. The predicted molar refractivity (Wildman–Crippen MR) is 188 cm³/mol. The molecule has 0 rings (SSSR count). The van der Waals surface area contributed by atoms with E-state index in [1.165, 1.54) is 103 Å². The van der Waals surface area contributed by atoms with Crippen molar-refractivity contribution in [3.05, 3.63) is 0 Å². The minimum Gasteiger partial charge on any atom is -0.463 e. The molecule has 0 aliphatic heterocycles. The normalized spacial score (nSPS) is 13.0. The van der Waals surface area contributed by atoms with Crippen molar-refractivity contribution < 1.29 is 19.1 Å². The van der Waals surface area contributed by atoms with Gasteiger partial charge in [-0.3, -0.25) is 9.59 Å². The van der Waals surface area contributed by atoms with Crippen molar-refractivity contribution in [2.24, 2.45) is 0 Å². The van der Waals surface area contributed by atoms with Gasteiger partial charge in [-0.15, -0.1) is 0 Å². The Balaban J connectivity index is 3.80. The zero-order valence-corrected chi connectivity index (χ0v) is 30.5. The molecule has 0 aromatic rings. The highest BCUT2D eigenvalue weighted by atomic mass is 16.5. The van der Waals surface area contributed by atoms with Crippen LogP contribution in [0.3, 0.4) is 0 Å². The highest BCUT2D eigenvalue weighted by Crippen LogP contribution is 2.14. The summed E-state index contributed by atoms with van der Waals surface area (Å²) in [6.45, 7) is 13.2. The third-order valence-corrected chi connectivity index (χ3v) is 8.67. The van der Waals surface area contributed by atoms with Gasteiger partial charge in [-0.25, -0.2) is 0 Å². The van der Waals surface area contributed by atoms with Crippen LogP contribution in [0.25, 0.3) is 0 Å². The van der Waals surface area contributed by atoms with Gasteiger partial charge < -0.3 is 19.3 Å². The quantitative estimate of drug-likeness (QED) is 0.0535. The first-order valence-electron chi connectivity index (χ1n) is 19.0. The monoisotopic (exact) mass is 625 g/mol. The Morgan fingerprint density at radius 2 is 0.841 bits per heavy atom. The van der Waals surface area contributed by atoms with Crippen LogP contribution in [0.4, 0.5) is 0 Å². The molecule has 262 valence electrons. The van der Waals surface area contributed by atoms with Crippen LogP contribution in [0.15, 0.2) is 0 Å². The van der Waals surface area contributed by atoms with E-state index in [0.29, 0.717) is 12.8 Å². The van der Waals surface area contributed by atoms with Crippen molar-refractivity contribution in [3.63, 3.8) is 0 Å². The van der Waals surface area contributed by atoms with Gasteiger partial charge in [-0.05, 0) is 92.4 Å². The number of carbonyl (C=O) groups excluding carboxylic acids is 2. The number of esters is 2. The number of unbranched alkanes of at least 4 members (excludes halogenated alkanes) is 16. The molecule has 0 fully saturated rings. The number of likely N-dealkylation sites (N-methyl/N-ethyl adjacent to an activating group) is 1. The topological polar surface area (TPSA) is 59.1 Å². The lowest BCUT2D eigenvalue weighted by atomic mass is 10.1. The molecule has 6 nitrogen and oxygen atoms in total. The number of ether oxygens (including phenoxy) is 2. The average molecular weight is 625 g/mol. The molecule has 0 aliphatic rings. The fourth-order valence-corrected chi connectivity index (χ4v) is 5.70. The molecule has 0 aromatic carbocycles. The number of carbonyl (C=O) groups is 2. The number of rotatable bonds is 33. The fourth-order valence-electron chi connectivity index (χ4n) is 5.70. The minimum atomic E-state index is -0.0103. The zero-order valence-electron chi connectivity index (χ0n) is 30.5. The molecule has 0 bridgehead atoms. The molecular formula is C38H76N2O4. The Hall–Kier alpha value is -1.14. The smallest absolute Gasteiger partial charge is 0.306 e. The van der Waals surface area contributed by atoms with Crippen LogP contribution in [0.1, 0.15) is 182 Å². The van der Waals surface area contributed by atoms with Crippen LogP contribution in [-0.2, 0) is 19.1 Å². The van der Waals surface area contributed by atoms with E-state index in [9.17, 15) is 9.59 Å². The molecule has 0 N–H and O–H groups in total. The van der Waals surface area contributed by atoms with Crippen molar-refractivity contribution in [2.75, 3.05) is 40.3 Å².